The highest BCUT2D eigenvalue weighted by molar-refractivity contribution is 5.56. The third-order valence-corrected chi connectivity index (χ3v) is 4.01. The van der Waals surface area contributed by atoms with Gasteiger partial charge >= 0.3 is 6.18 Å². The highest BCUT2D eigenvalue weighted by atomic mass is 19.4. The molecule has 0 bridgehead atoms. The lowest BCUT2D eigenvalue weighted by Crippen LogP contribution is -2.26. The standard InChI is InChI=1S/C16H18F3N5/c1-2-24-7-5-12(10-24)21-14-8-13(16(17,18)19)22-15(23-14)11-4-3-6-20-9-11/h3-4,6,8-9,12H,2,5,7,10H2,1H3,(H,21,22,23). The Morgan fingerprint density at radius 3 is 2.79 bits per heavy atom. The molecule has 0 radical (unpaired) electrons. The molecule has 0 saturated carbocycles. The summed E-state index contributed by atoms with van der Waals surface area (Å²) in [5.74, 6) is 0.213. The highest BCUT2D eigenvalue weighted by Gasteiger charge is 2.34. The average Bonchev–Trinajstić information content (AvgIpc) is 3.02. The molecule has 1 aliphatic heterocycles. The molecule has 0 aliphatic carbocycles. The molecule has 2 aromatic rings. The number of aromatic nitrogens is 3. The zero-order valence-electron chi connectivity index (χ0n) is 13.2. The van der Waals surface area contributed by atoms with Crippen LogP contribution in [0.3, 0.4) is 0 Å². The zero-order chi connectivity index (χ0) is 17.2. The summed E-state index contributed by atoms with van der Waals surface area (Å²) in [6.45, 7) is 4.72. The van der Waals surface area contributed by atoms with Gasteiger partial charge in [0.25, 0.3) is 0 Å². The van der Waals surface area contributed by atoms with Crippen LogP contribution in [0.1, 0.15) is 19.0 Å². The van der Waals surface area contributed by atoms with Crippen LogP contribution in [-0.4, -0.2) is 45.5 Å². The van der Waals surface area contributed by atoms with Gasteiger partial charge in [0.05, 0.1) is 0 Å². The van der Waals surface area contributed by atoms with Gasteiger partial charge in [0.1, 0.15) is 5.82 Å². The van der Waals surface area contributed by atoms with E-state index in [1.165, 1.54) is 6.20 Å². The second-order valence-corrected chi connectivity index (χ2v) is 5.72. The van der Waals surface area contributed by atoms with Gasteiger partial charge in [-0.2, -0.15) is 13.2 Å². The number of halogens is 3. The first-order valence-corrected chi connectivity index (χ1v) is 7.81. The summed E-state index contributed by atoms with van der Waals surface area (Å²) in [5.41, 5.74) is -0.502. The van der Waals surface area contributed by atoms with Crippen LogP contribution in [0.5, 0.6) is 0 Å². The molecule has 0 spiro atoms. The lowest BCUT2D eigenvalue weighted by Gasteiger charge is -2.17. The summed E-state index contributed by atoms with van der Waals surface area (Å²) in [7, 11) is 0. The van der Waals surface area contributed by atoms with Crippen LogP contribution in [0, 0.1) is 0 Å². The van der Waals surface area contributed by atoms with Gasteiger partial charge in [-0.1, -0.05) is 6.92 Å². The van der Waals surface area contributed by atoms with Crippen LogP contribution < -0.4 is 5.32 Å². The third kappa shape index (κ3) is 3.81. The minimum atomic E-state index is -4.53. The van der Waals surface area contributed by atoms with Crippen molar-refractivity contribution in [3.63, 3.8) is 0 Å². The molecule has 0 aromatic carbocycles. The summed E-state index contributed by atoms with van der Waals surface area (Å²) in [4.78, 5) is 14.1. The van der Waals surface area contributed by atoms with E-state index in [0.29, 0.717) is 5.56 Å². The number of nitrogens with zero attached hydrogens (tertiary/aromatic N) is 4. The SMILES string of the molecule is CCN1CCC(Nc2cc(C(F)(F)F)nc(-c3cccnc3)n2)C1. The summed E-state index contributed by atoms with van der Waals surface area (Å²) >= 11 is 0. The third-order valence-electron chi connectivity index (χ3n) is 4.01. The number of likely N-dealkylation sites (tertiary alicyclic amines) is 1. The molecule has 24 heavy (non-hydrogen) atoms. The second-order valence-electron chi connectivity index (χ2n) is 5.72. The Hall–Kier alpha value is -2.22. The largest absolute Gasteiger partial charge is 0.433 e. The Morgan fingerprint density at radius 1 is 1.33 bits per heavy atom. The van der Waals surface area contributed by atoms with E-state index in [9.17, 15) is 13.2 Å². The van der Waals surface area contributed by atoms with Crippen molar-refractivity contribution >= 4 is 5.82 Å². The van der Waals surface area contributed by atoms with Gasteiger partial charge in [-0.05, 0) is 25.1 Å². The quantitative estimate of drug-likeness (QED) is 0.929. The Bertz CT molecular complexity index is 690. The van der Waals surface area contributed by atoms with Gasteiger partial charge in [-0.3, -0.25) is 4.98 Å². The molecule has 1 atom stereocenters. The number of nitrogens with one attached hydrogen (secondary N) is 1. The number of likely N-dealkylation sites (N-methyl/N-ethyl adjacent to an activating group) is 1. The highest BCUT2D eigenvalue weighted by Crippen LogP contribution is 2.31. The Kier molecular flexibility index (Phi) is 4.66. The number of pyridine rings is 1. The maximum atomic E-state index is 13.2. The molecule has 128 valence electrons. The van der Waals surface area contributed by atoms with Crippen molar-refractivity contribution in [2.75, 3.05) is 25.0 Å². The van der Waals surface area contributed by atoms with E-state index in [-0.39, 0.29) is 17.7 Å². The molecule has 3 rings (SSSR count). The molecule has 2 aromatic heterocycles. The number of hydrogen-bond acceptors (Lipinski definition) is 5. The fraction of sp³-hybridized carbons (Fsp3) is 0.438. The van der Waals surface area contributed by atoms with Gasteiger partial charge < -0.3 is 10.2 Å². The summed E-state index contributed by atoms with van der Waals surface area (Å²) in [6.07, 6.45) is -0.648. The van der Waals surface area contributed by atoms with E-state index in [1.807, 2.05) is 0 Å². The van der Waals surface area contributed by atoms with Gasteiger partial charge in [-0.25, -0.2) is 9.97 Å². The van der Waals surface area contributed by atoms with Crippen molar-refractivity contribution in [2.24, 2.45) is 0 Å². The first-order valence-electron chi connectivity index (χ1n) is 7.81. The molecule has 3 heterocycles. The van der Waals surface area contributed by atoms with Crippen molar-refractivity contribution in [2.45, 2.75) is 25.6 Å². The maximum absolute atomic E-state index is 13.2. The smallest absolute Gasteiger partial charge is 0.366 e. The van der Waals surface area contributed by atoms with Crippen molar-refractivity contribution in [3.05, 3.63) is 36.3 Å². The van der Waals surface area contributed by atoms with E-state index >= 15 is 0 Å². The molecule has 1 saturated heterocycles. The topological polar surface area (TPSA) is 53.9 Å². The fourth-order valence-corrected chi connectivity index (χ4v) is 2.74. The van der Waals surface area contributed by atoms with Crippen molar-refractivity contribution in [3.8, 4) is 11.4 Å². The van der Waals surface area contributed by atoms with E-state index in [1.54, 1.807) is 18.3 Å². The van der Waals surface area contributed by atoms with E-state index in [4.69, 9.17) is 0 Å². The fourth-order valence-electron chi connectivity index (χ4n) is 2.74. The minimum absolute atomic E-state index is 0.0192. The van der Waals surface area contributed by atoms with Crippen LogP contribution >= 0.6 is 0 Å². The minimum Gasteiger partial charge on any atom is -0.366 e. The van der Waals surface area contributed by atoms with Crippen molar-refractivity contribution in [1.82, 2.24) is 19.9 Å². The van der Waals surface area contributed by atoms with Gasteiger partial charge in [0.2, 0.25) is 0 Å². The first kappa shape index (κ1) is 16.6. The molecule has 1 aliphatic rings. The van der Waals surface area contributed by atoms with E-state index in [0.717, 1.165) is 32.1 Å². The van der Waals surface area contributed by atoms with Gasteiger partial charge in [0, 0.05) is 43.2 Å². The first-order chi connectivity index (χ1) is 11.5. The predicted molar refractivity (Wildman–Crippen MR) is 84.4 cm³/mol. The van der Waals surface area contributed by atoms with Crippen LogP contribution in [-0.2, 0) is 6.18 Å². The number of hydrogen-bond donors (Lipinski definition) is 1. The molecular formula is C16H18F3N5. The summed E-state index contributed by atoms with van der Waals surface area (Å²) in [6, 6.07) is 4.33. The Balaban J connectivity index is 1.91. The monoisotopic (exact) mass is 337 g/mol. The van der Waals surface area contributed by atoms with Gasteiger partial charge in [-0.15, -0.1) is 0 Å². The Morgan fingerprint density at radius 2 is 2.17 bits per heavy atom. The predicted octanol–water partition coefficient (Wildman–Crippen LogP) is 3.06. The van der Waals surface area contributed by atoms with Gasteiger partial charge in [0.15, 0.2) is 11.5 Å². The van der Waals surface area contributed by atoms with Crippen LogP contribution in [0.2, 0.25) is 0 Å². The van der Waals surface area contributed by atoms with E-state index < -0.39 is 11.9 Å². The molecule has 1 N–H and O–H groups in total. The molecule has 1 unspecified atom stereocenters. The molecule has 5 nitrogen and oxygen atoms in total. The summed E-state index contributed by atoms with van der Waals surface area (Å²) in [5, 5.41) is 3.11. The Labute approximate surface area is 138 Å². The van der Waals surface area contributed by atoms with Crippen molar-refractivity contribution in [1.29, 1.82) is 0 Å². The number of alkyl halides is 3. The number of anilines is 1. The molecule has 1 fully saturated rings. The molecule has 0 amide bonds. The van der Waals surface area contributed by atoms with Crippen LogP contribution in [0.4, 0.5) is 19.0 Å². The van der Waals surface area contributed by atoms with E-state index in [2.05, 4.69) is 32.1 Å². The normalized spacial score (nSPS) is 18.8. The lowest BCUT2D eigenvalue weighted by atomic mass is 10.2. The summed E-state index contributed by atoms with van der Waals surface area (Å²) < 4.78 is 39.5. The maximum Gasteiger partial charge on any atom is 0.433 e. The van der Waals surface area contributed by atoms with Crippen LogP contribution in [0.15, 0.2) is 30.6 Å². The lowest BCUT2D eigenvalue weighted by molar-refractivity contribution is -0.141. The zero-order valence-corrected chi connectivity index (χ0v) is 13.2. The second kappa shape index (κ2) is 6.72. The van der Waals surface area contributed by atoms with Crippen molar-refractivity contribution < 1.29 is 13.2 Å². The number of rotatable bonds is 4. The average molecular weight is 337 g/mol. The molecular weight excluding hydrogens is 319 g/mol. The molecule has 8 heteroatoms. The van der Waals surface area contributed by atoms with Crippen LogP contribution in [0.25, 0.3) is 11.4 Å².